The van der Waals surface area contributed by atoms with Gasteiger partial charge in [-0.2, -0.15) is 0 Å². The molecule has 2 nitrogen and oxygen atoms in total. The Labute approximate surface area is 98.8 Å². The molecule has 1 rings (SSSR count). The monoisotopic (exact) mass is 324 g/mol. The van der Waals surface area contributed by atoms with Crippen molar-refractivity contribution in [1.82, 2.24) is 0 Å². The van der Waals surface area contributed by atoms with Crippen LogP contribution in [0, 0.1) is 3.57 Å². The summed E-state index contributed by atoms with van der Waals surface area (Å²) in [5.74, 6) is -0.393. The quantitative estimate of drug-likeness (QED) is 0.486. The Hall–Kier alpha value is -0.850. The van der Waals surface area contributed by atoms with Gasteiger partial charge in [0.05, 0.1) is 0 Å². The van der Waals surface area contributed by atoms with Gasteiger partial charge < -0.3 is 0 Å². The van der Waals surface area contributed by atoms with Gasteiger partial charge in [-0.05, 0) is 41.6 Å². The number of hydrogen-bond donors (Lipinski definition) is 0. The van der Waals surface area contributed by atoms with Gasteiger partial charge in [-0.3, -0.25) is 9.59 Å². The number of hydrogen-bond acceptors (Lipinski definition) is 2. The van der Waals surface area contributed by atoms with Crippen LogP contribution in [-0.2, 0) is 0 Å². The summed E-state index contributed by atoms with van der Waals surface area (Å²) >= 11 is 1.71. The van der Waals surface area contributed by atoms with Crippen molar-refractivity contribution in [3.63, 3.8) is 0 Å². The Morgan fingerprint density at radius 3 is 2.47 bits per heavy atom. The molecule has 80 valence electrons. The normalized spacial score (nSPS) is 10.5. The molecule has 0 atom stereocenters. The van der Waals surface area contributed by atoms with Gasteiger partial charge in [0.25, 0.3) is 6.43 Å². The van der Waals surface area contributed by atoms with Gasteiger partial charge >= 0.3 is 0 Å². The van der Waals surface area contributed by atoms with E-state index in [0.717, 1.165) is 6.07 Å². The van der Waals surface area contributed by atoms with Gasteiger partial charge in [-0.25, -0.2) is 8.78 Å². The first-order chi connectivity index (χ1) is 6.97. The lowest BCUT2D eigenvalue weighted by Gasteiger charge is -2.07. The molecule has 0 heterocycles. The molecule has 0 radical (unpaired) electrons. The van der Waals surface area contributed by atoms with E-state index >= 15 is 0 Å². The molecule has 0 aliphatic rings. The maximum absolute atomic E-state index is 12.5. The highest BCUT2D eigenvalue weighted by Crippen LogP contribution is 2.27. The second-order valence-corrected chi connectivity index (χ2v) is 4.10. The highest BCUT2D eigenvalue weighted by atomic mass is 127. The van der Waals surface area contributed by atoms with Crippen molar-refractivity contribution in [1.29, 1.82) is 0 Å². The summed E-state index contributed by atoms with van der Waals surface area (Å²) in [7, 11) is 0. The van der Waals surface area contributed by atoms with Crippen molar-refractivity contribution in [3.8, 4) is 0 Å². The van der Waals surface area contributed by atoms with E-state index in [4.69, 9.17) is 0 Å². The van der Waals surface area contributed by atoms with Crippen molar-refractivity contribution in [3.05, 3.63) is 32.4 Å². The molecular weight excluding hydrogens is 317 g/mol. The van der Waals surface area contributed by atoms with Crippen LogP contribution in [0.5, 0.6) is 0 Å². The predicted molar refractivity (Wildman–Crippen MR) is 59.5 cm³/mol. The smallest absolute Gasteiger partial charge is 0.264 e. The van der Waals surface area contributed by atoms with Crippen LogP contribution in [0.1, 0.15) is 39.6 Å². The lowest BCUT2D eigenvalue weighted by atomic mass is 10.0. The van der Waals surface area contributed by atoms with Gasteiger partial charge in [0, 0.05) is 20.3 Å². The zero-order valence-electron chi connectivity index (χ0n) is 7.76. The number of alkyl halides is 2. The predicted octanol–water partition coefficient (Wildman–Crippen LogP) is 3.24. The number of rotatable bonds is 3. The van der Waals surface area contributed by atoms with Gasteiger partial charge in [-0.15, -0.1) is 0 Å². The summed E-state index contributed by atoms with van der Waals surface area (Å²) in [5, 5.41) is 0. The Bertz CT molecular complexity index is 416. The van der Waals surface area contributed by atoms with E-state index in [-0.39, 0.29) is 20.3 Å². The van der Waals surface area contributed by atoms with Crippen LogP contribution < -0.4 is 0 Å². The number of benzene rings is 1. The van der Waals surface area contributed by atoms with Crippen LogP contribution in [-0.4, -0.2) is 12.1 Å². The summed E-state index contributed by atoms with van der Waals surface area (Å²) < 4.78 is 25.3. The highest BCUT2D eigenvalue weighted by molar-refractivity contribution is 14.1. The van der Waals surface area contributed by atoms with Crippen molar-refractivity contribution < 1.29 is 18.4 Å². The first-order valence-corrected chi connectivity index (χ1v) is 5.13. The van der Waals surface area contributed by atoms with E-state index in [1.165, 1.54) is 13.0 Å². The molecule has 0 bridgehead atoms. The zero-order chi connectivity index (χ0) is 11.6. The third kappa shape index (κ3) is 2.58. The molecule has 1 aromatic rings. The first kappa shape index (κ1) is 12.2. The van der Waals surface area contributed by atoms with E-state index < -0.39 is 12.2 Å². The molecule has 0 N–H and O–H groups in total. The van der Waals surface area contributed by atoms with Gasteiger partial charge in [0.2, 0.25) is 0 Å². The molecule has 0 amide bonds. The number of halogens is 3. The molecular formula is C10H7F2IO2. The number of aldehydes is 1. The van der Waals surface area contributed by atoms with Gasteiger partial charge in [0.15, 0.2) is 12.1 Å². The number of carbonyl (C=O) groups excluding carboxylic acids is 2. The molecule has 0 spiro atoms. The molecule has 0 unspecified atom stereocenters. The third-order valence-electron chi connectivity index (χ3n) is 1.91. The largest absolute Gasteiger partial charge is 0.298 e. The standard InChI is InChI=1S/C10H7F2IO2/c1-5(15)7-3-8(10(11)12)9(13)2-6(7)4-14/h2-4,10H,1H3. The molecule has 1 aromatic carbocycles. The van der Waals surface area contributed by atoms with Crippen LogP contribution >= 0.6 is 22.6 Å². The van der Waals surface area contributed by atoms with Crippen molar-refractivity contribution >= 4 is 34.7 Å². The van der Waals surface area contributed by atoms with Crippen LogP contribution in [0.2, 0.25) is 0 Å². The lowest BCUT2D eigenvalue weighted by molar-refractivity contribution is 0.100. The fraction of sp³-hybridized carbons (Fsp3) is 0.200. The summed E-state index contributed by atoms with van der Waals surface area (Å²) in [6.45, 7) is 1.24. The fourth-order valence-corrected chi connectivity index (χ4v) is 1.90. The topological polar surface area (TPSA) is 34.1 Å². The molecule has 15 heavy (non-hydrogen) atoms. The zero-order valence-corrected chi connectivity index (χ0v) is 9.92. The van der Waals surface area contributed by atoms with E-state index in [0.29, 0.717) is 6.29 Å². The maximum Gasteiger partial charge on any atom is 0.264 e. The van der Waals surface area contributed by atoms with Crippen LogP contribution in [0.3, 0.4) is 0 Å². The Morgan fingerprint density at radius 2 is 2.07 bits per heavy atom. The average molecular weight is 324 g/mol. The Balaban J connectivity index is 3.43. The molecule has 0 saturated carbocycles. The fourth-order valence-electron chi connectivity index (χ4n) is 1.18. The number of ketones is 1. The van der Waals surface area contributed by atoms with E-state index in [1.54, 1.807) is 22.6 Å². The lowest BCUT2D eigenvalue weighted by Crippen LogP contribution is -2.03. The minimum absolute atomic E-state index is 0.0423. The highest BCUT2D eigenvalue weighted by Gasteiger charge is 2.16. The van der Waals surface area contributed by atoms with E-state index in [2.05, 4.69) is 0 Å². The van der Waals surface area contributed by atoms with Crippen LogP contribution in [0.15, 0.2) is 12.1 Å². The molecule has 0 aromatic heterocycles. The van der Waals surface area contributed by atoms with Crippen molar-refractivity contribution in [2.24, 2.45) is 0 Å². The Kier molecular flexibility index (Phi) is 3.90. The molecule has 0 aliphatic heterocycles. The number of Topliss-reactive ketones (excluding diaryl/α,β-unsaturated/α-hetero) is 1. The first-order valence-electron chi connectivity index (χ1n) is 4.05. The maximum atomic E-state index is 12.5. The molecule has 5 heteroatoms. The van der Waals surface area contributed by atoms with Crippen LogP contribution in [0.4, 0.5) is 8.78 Å². The summed E-state index contributed by atoms with van der Waals surface area (Å²) in [6.07, 6.45) is -2.15. The van der Waals surface area contributed by atoms with Gasteiger partial charge in [0.1, 0.15) is 0 Å². The third-order valence-corrected chi connectivity index (χ3v) is 2.84. The molecule has 0 aliphatic carbocycles. The molecule has 0 saturated heterocycles. The summed E-state index contributed by atoms with van der Waals surface area (Å²) in [5.41, 5.74) is -0.0246. The van der Waals surface area contributed by atoms with E-state index in [9.17, 15) is 18.4 Å². The minimum atomic E-state index is -2.64. The average Bonchev–Trinajstić information content (AvgIpc) is 2.16. The summed E-state index contributed by atoms with van der Waals surface area (Å²) in [6, 6.07) is 2.38. The summed E-state index contributed by atoms with van der Waals surface area (Å²) in [4.78, 5) is 21.7. The van der Waals surface area contributed by atoms with E-state index in [1.807, 2.05) is 0 Å². The van der Waals surface area contributed by atoms with Crippen LogP contribution in [0.25, 0.3) is 0 Å². The second-order valence-electron chi connectivity index (χ2n) is 2.94. The van der Waals surface area contributed by atoms with Crippen molar-refractivity contribution in [2.75, 3.05) is 0 Å². The SMILES string of the molecule is CC(=O)c1cc(C(F)F)c(I)cc1C=O. The molecule has 0 fully saturated rings. The minimum Gasteiger partial charge on any atom is -0.298 e. The Morgan fingerprint density at radius 1 is 1.47 bits per heavy atom. The van der Waals surface area contributed by atoms with Crippen molar-refractivity contribution in [2.45, 2.75) is 13.3 Å². The number of carbonyl (C=O) groups is 2. The second kappa shape index (κ2) is 4.78. The van der Waals surface area contributed by atoms with Gasteiger partial charge in [-0.1, -0.05) is 0 Å².